The van der Waals surface area contributed by atoms with Crippen LogP contribution in [0.2, 0.25) is 0 Å². The molecule has 0 spiro atoms. The Morgan fingerprint density at radius 1 is 1.10 bits per heavy atom. The summed E-state index contributed by atoms with van der Waals surface area (Å²) in [6.45, 7) is 1.53. The normalized spacial score (nSPS) is 12.6. The highest BCUT2D eigenvalue weighted by atomic mass is 16.5. The summed E-state index contributed by atoms with van der Waals surface area (Å²) in [6.07, 6.45) is 0. The van der Waals surface area contributed by atoms with E-state index in [2.05, 4.69) is 11.2 Å². The number of amides is 2. The summed E-state index contributed by atoms with van der Waals surface area (Å²) in [6, 6.07) is 15.5. The number of aromatic nitrogens is 2. The van der Waals surface area contributed by atoms with E-state index in [0.29, 0.717) is 17.0 Å². The van der Waals surface area contributed by atoms with Crippen LogP contribution in [0.3, 0.4) is 0 Å². The lowest BCUT2D eigenvalue weighted by molar-refractivity contribution is 0.0464. The number of carbonyl (C=O) groups excluding carboxylic acids is 3. The Kier molecular flexibility index (Phi) is 4.64. The molecule has 8 heteroatoms. The van der Waals surface area contributed by atoms with Crippen LogP contribution >= 0.6 is 0 Å². The molecule has 0 radical (unpaired) electrons. The Hall–Kier alpha value is -4.25. The number of nitriles is 1. The number of benzene rings is 2. The third kappa shape index (κ3) is 3.02. The van der Waals surface area contributed by atoms with Crippen LogP contribution in [-0.2, 0) is 11.3 Å². The molecule has 0 N–H and O–H groups in total. The quantitative estimate of drug-likeness (QED) is 0.492. The number of carbonyl (C=O) groups is 3. The minimum absolute atomic E-state index is 0.145. The fourth-order valence-electron chi connectivity index (χ4n) is 3.34. The fourth-order valence-corrected chi connectivity index (χ4v) is 3.34. The van der Waals surface area contributed by atoms with Crippen LogP contribution < -0.4 is 0 Å². The zero-order valence-electron chi connectivity index (χ0n) is 16.2. The van der Waals surface area contributed by atoms with E-state index >= 15 is 0 Å². The van der Waals surface area contributed by atoms with Gasteiger partial charge in [-0.1, -0.05) is 18.2 Å². The van der Waals surface area contributed by atoms with Crippen molar-refractivity contribution in [3.8, 4) is 11.8 Å². The molecule has 0 bridgehead atoms. The van der Waals surface area contributed by atoms with Crippen LogP contribution in [0, 0.1) is 18.3 Å². The van der Waals surface area contributed by atoms with E-state index < -0.39 is 17.8 Å². The van der Waals surface area contributed by atoms with E-state index in [1.165, 1.54) is 25.2 Å². The van der Waals surface area contributed by atoms with E-state index in [-0.39, 0.29) is 23.3 Å². The van der Waals surface area contributed by atoms with Gasteiger partial charge in [0.1, 0.15) is 18.2 Å². The van der Waals surface area contributed by atoms with Crippen molar-refractivity contribution >= 4 is 17.8 Å². The number of aryl methyl sites for hydroxylation is 1. The molecule has 148 valence electrons. The summed E-state index contributed by atoms with van der Waals surface area (Å²) >= 11 is 0. The van der Waals surface area contributed by atoms with E-state index in [1.54, 1.807) is 11.6 Å². The van der Waals surface area contributed by atoms with E-state index in [0.717, 1.165) is 10.6 Å². The van der Waals surface area contributed by atoms with Gasteiger partial charge in [0.05, 0.1) is 33.8 Å². The molecule has 2 amide bonds. The molecular weight excluding hydrogens is 384 g/mol. The topological polar surface area (TPSA) is 105 Å². The van der Waals surface area contributed by atoms with Crippen molar-refractivity contribution in [2.24, 2.45) is 0 Å². The van der Waals surface area contributed by atoms with Crippen molar-refractivity contribution < 1.29 is 19.1 Å². The van der Waals surface area contributed by atoms with Gasteiger partial charge in [0, 0.05) is 7.05 Å². The van der Waals surface area contributed by atoms with Crippen LogP contribution in [0.1, 0.15) is 48.0 Å². The summed E-state index contributed by atoms with van der Waals surface area (Å²) in [5.41, 5.74) is 2.61. The summed E-state index contributed by atoms with van der Waals surface area (Å²) in [5, 5.41) is 13.9. The number of esters is 1. The molecule has 4 rings (SSSR count). The van der Waals surface area contributed by atoms with Crippen LogP contribution in [0.15, 0.2) is 48.5 Å². The van der Waals surface area contributed by atoms with Crippen molar-refractivity contribution in [1.82, 2.24) is 14.7 Å². The molecule has 0 saturated carbocycles. The van der Waals surface area contributed by atoms with Gasteiger partial charge in [-0.05, 0) is 37.3 Å². The third-order valence-electron chi connectivity index (χ3n) is 4.93. The number of hydrogen-bond donors (Lipinski definition) is 0. The molecule has 0 atom stereocenters. The molecule has 0 aliphatic carbocycles. The molecule has 1 aliphatic rings. The highest BCUT2D eigenvalue weighted by molar-refractivity contribution is 6.21. The molecule has 2 aromatic carbocycles. The van der Waals surface area contributed by atoms with Gasteiger partial charge >= 0.3 is 5.97 Å². The van der Waals surface area contributed by atoms with E-state index in [1.807, 2.05) is 30.3 Å². The lowest BCUT2D eigenvalue weighted by atomic mass is 10.1. The van der Waals surface area contributed by atoms with Crippen molar-refractivity contribution in [1.29, 1.82) is 5.26 Å². The smallest absolute Gasteiger partial charge is 0.338 e. The maximum absolute atomic E-state index is 12.6. The lowest BCUT2D eigenvalue weighted by Crippen LogP contribution is -2.24. The second-order valence-corrected chi connectivity index (χ2v) is 6.77. The predicted octanol–water partition coefficient (Wildman–Crippen LogP) is 2.64. The number of hydrogen-bond acceptors (Lipinski definition) is 6. The number of nitrogens with zero attached hydrogens (tertiary/aromatic N) is 4. The first-order chi connectivity index (χ1) is 14.4. The first-order valence-electron chi connectivity index (χ1n) is 9.10. The number of ether oxygens (including phenoxy) is 1. The van der Waals surface area contributed by atoms with Crippen molar-refractivity contribution in [3.05, 3.63) is 82.2 Å². The predicted molar refractivity (Wildman–Crippen MR) is 105 cm³/mol. The number of imide groups is 1. The molecule has 30 heavy (non-hydrogen) atoms. The Bertz CT molecular complexity index is 1240. The van der Waals surface area contributed by atoms with Crippen LogP contribution in [0.5, 0.6) is 0 Å². The Morgan fingerprint density at radius 3 is 2.50 bits per heavy atom. The average molecular weight is 400 g/mol. The third-order valence-corrected chi connectivity index (χ3v) is 4.93. The molecular formula is C22H16N4O4. The largest absolute Gasteiger partial charge is 0.456 e. The SMILES string of the molecule is Cc1nn(-c2ccccc2)c(COC(=O)c2ccc3c(c2)C(=O)N(C)C3=O)c1C#N. The van der Waals surface area contributed by atoms with E-state index in [9.17, 15) is 19.6 Å². The van der Waals surface area contributed by atoms with Crippen LogP contribution in [0.4, 0.5) is 0 Å². The van der Waals surface area contributed by atoms with Gasteiger partial charge in [-0.3, -0.25) is 14.5 Å². The molecule has 8 nitrogen and oxygen atoms in total. The fraction of sp³-hybridized carbons (Fsp3) is 0.136. The standard InChI is InChI=1S/C22H16N4O4/c1-13-18(11-23)19(26(24-13)15-6-4-3-5-7-15)12-30-22(29)14-8-9-16-17(10-14)21(28)25(2)20(16)27/h3-10H,12H2,1-2H3. The lowest BCUT2D eigenvalue weighted by Gasteiger charge is -2.09. The Morgan fingerprint density at radius 2 is 1.80 bits per heavy atom. The van der Waals surface area contributed by atoms with Crippen molar-refractivity contribution in [2.75, 3.05) is 7.05 Å². The van der Waals surface area contributed by atoms with Crippen molar-refractivity contribution in [2.45, 2.75) is 13.5 Å². The van der Waals surface area contributed by atoms with Crippen LogP contribution in [0.25, 0.3) is 5.69 Å². The number of para-hydroxylation sites is 1. The maximum Gasteiger partial charge on any atom is 0.338 e. The first-order valence-corrected chi connectivity index (χ1v) is 9.10. The summed E-state index contributed by atoms with van der Waals surface area (Å²) in [7, 11) is 1.39. The first kappa shape index (κ1) is 19.1. The van der Waals surface area contributed by atoms with Gasteiger partial charge < -0.3 is 4.74 Å². The molecule has 1 aliphatic heterocycles. The maximum atomic E-state index is 12.6. The molecule has 2 heterocycles. The van der Waals surface area contributed by atoms with E-state index in [4.69, 9.17) is 4.74 Å². The molecule has 3 aromatic rings. The zero-order valence-corrected chi connectivity index (χ0v) is 16.2. The van der Waals surface area contributed by atoms with Crippen molar-refractivity contribution in [3.63, 3.8) is 0 Å². The molecule has 0 fully saturated rings. The second kappa shape index (κ2) is 7.29. The highest BCUT2D eigenvalue weighted by Crippen LogP contribution is 2.24. The van der Waals surface area contributed by atoms with Gasteiger partial charge in [-0.15, -0.1) is 0 Å². The highest BCUT2D eigenvalue weighted by Gasteiger charge is 2.33. The monoisotopic (exact) mass is 400 g/mol. The Labute approximate surface area is 171 Å². The average Bonchev–Trinajstić information content (AvgIpc) is 3.21. The van der Waals surface area contributed by atoms with Gasteiger partial charge in [-0.25, -0.2) is 9.48 Å². The number of fused-ring (bicyclic) bond motifs is 1. The summed E-state index contributed by atoms with van der Waals surface area (Å²) < 4.78 is 6.99. The van der Waals surface area contributed by atoms with Gasteiger partial charge in [0.2, 0.25) is 0 Å². The van der Waals surface area contributed by atoms with Gasteiger partial charge in [0.25, 0.3) is 11.8 Å². The van der Waals surface area contributed by atoms with Crippen LogP contribution in [-0.4, -0.2) is 39.5 Å². The zero-order chi connectivity index (χ0) is 21.4. The number of rotatable bonds is 4. The Balaban J connectivity index is 1.61. The molecule has 0 unspecified atom stereocenters. The summed E-state index contributed by atoms with van der Waals surface area (Å²) in [5.74, 6) is -1.54. The molecule has 0 saturated heterocycles. The van der Waals surface area contributed by atoms with Gasteiger partial charge in [0.15, 0.2) is 0 Å². The molecule has 1 aromatic heterocycles. The minimum atomic E-state index is -0.671. The summed E-state index contributed by atoms with van der Waals surface area (Å²) in [4.78, 5) is 37.7. The minimum Gasteiger partial charge on any atom is -0.456 e. The second-order valence-electron chi connectivity index (χ2n) is 6.77. The van der Waals surface area contributed by atoms with Gasteiger partial charge in [-0.2, -0.15) is 10.4 Å².